The van der Waals surface area contributed by atoms with E-state index in [1.54, 1.807) is 29.2 Å². The highest BCUT2D eigenvalue weighted by molar-refractivity contribution is 6.04. The van der Waals surface area contributed by atoms with Crippen LogP contribution in [-0.4, -0.2) is 69.2 Å². The molecule has 1 aliphatic carbocycles. The van der Waals surface area contributed by atoms with Gasteiger partial charge >= 0.3 is 5.97 Å². The van der Waals surface area contributed by atoms with E-state index in [1.807, 2.05) is 0 Å². The smallest absolute Gasteiger partial charge is 0.336 e. The molecule has 0 saturated heterocycles. The first-order valence-electron chi connectivity index (χ1n) is 9.56. The van der Waals surface area contributed by atoms with Gasteiger partial charge in [-0.05, 0) is 31.9 Å². The molecule has 1 unspecified atom stereocenters. The molecule has 1 N–H and O–H groups in total. The lowest BCUT2D eigenvalue weighted by Crippen LogP contribution is -2.47. The third-order valence-corrected chi connectivity index (χ3v) is 4.75. The third kappa shape index (κ3) is 4.88. The number of esters is 1. The Kier molecular flexibility index (Phi) is 6.55. The summed E-state index contributed by atoms with van der Waals surface area (Å²) in [6, 6.07) is 5.69. The lowest BCUT2D eigenvalue weighted by Gasteiger charge is -2.23. The van der Waals surface area contributed by atoms with Crippen molar-refractivity contribution in [2.75, 3.05) is 13.7 Å². The van der Waals surface area contributed by atoms with Crippen molar-refractivity contribution in [3.8, 4) is 5.69 Å². The summed E-state index contributed by atoms with van der Waals surface area (Å²) in [6.07, 6.45) is 4.71. The van der Waals surface area contributed by atoms with E-state index in [0.717, 1.165) is 20.0 Å². The second-order valence-corrected chi connectivity index (χ2v) is 6.95. The number of nitrogens with one attached hydrogen (secondary N) is 1. The molecule has 0 bridgehead atoms. The largest absolute Gasteiger partial charge is 0.467 e. The number of ether oxygens (including phenoxy) is 1. The standard InChI is InChI=1S/C20H23N5O5/c1-13(26)18(20(29)30-2)23-17(27)9-12-24(14-7-8-14)19(28)15-5-3-4-6-16(15)25-21-10-11-22-25/h3-6,10-11,14,18H,7-9,12H2,1-2H3,(H,23,27). The number of amides is 2. The SMILES string of the molecule is COC(=O)C(NC(=O)CCN(C(=O)c1ccccc1-n1nccn1)C1CC1)C(C)=O. The molecule has 10 nitrogen and oxygen atoms in total. The van der Waals surface area contributed by atoms with Crippen LogP contribution in [0.2, 0.25) is 0 Å². The monoisotopic (exact) mass is 413 g/mol. The number of para-hydroxylation sites is 1. The predicted molar refractivity (Wildman–Crippen MR) is 105 cm³/mol. The van der Waals surface area contributed by atoms with Gasteiger partial charge in [0.2, 0.25) is 5.91 Å². The van der Waals surface area contributed by atoms with Crippen LogP contribution in [0.3, 0.4) is 0 Å². The number of benzene rings is 1. The van der Waals surface area contributed by atoms with Gasteiger partial charge in [-0.1, -0.05) is 12.1 Å². The molecular formula is C20H23N5O5. The molecule has 2 aromatic rings. The summed E-state index contributed by atoms with van der Waals surface area (Å²) >= 11 is 0. The Balaban J connectivity index is 1.70. The van der Waals surface area contributed by atoms with Crippen molar-refractivity contribution in [1.82, 2.24) is 25.2 Å². The molecule has 3 rings (SSSR count). The van der Waals surface area contributed by atoms with Gasteiger partial charge in [0.1, 0.15) is 0 Å². The van der Waals surface area contributed by atoms with E-state index in [4.69, 9.17) is 0 Å². The van der Waals surface area contributed by atoms with Crippen LogP contribution < -0.4 is 5.32 Å². The number of hydrogen-bond acceptors (Lipinski definition) is 7. The molecular weight excluding hydrogens is 390 g/mol. The van der Waals surface area contributed by atoms with Gasteiger partial charge in [-0.15, -0.1) is 0 Å². The van der Waals surface area contributed by atoms with Crippen LogP contribution in [0.25, 0.3) is 5.69 Å². The van der Waals surface area contributed by atoms with Crippen LogP contribution in [0.15, 0.2) is 36.7 Å². The summed E-state index contributed by atoms with van der Waals surface area (Å²) in [6.45, 7) is 1.35. The average Bonchev–Trinajstić information content (AvgIpc) is 3.43. The maximum atomic E-state index is 13.2. The number of rotatable bonds is 9. The third-order valence-electron chi connectivity index (χ3n) is 4.75. The van der Waals surface area contributed by atoms with E-state index < -0.39 is 23.7 Å². The summed E-state index contributed by atoms with van der Waals surface area (Å²) in [5, 5.41) is 10.6. The number of hydrogen-bond donors (Lipinski definition) is 1. The molecule has 1 saturated carbocycles. The highest BCUT2D eigenvalue weighted by atomic mass is 16.5. The normalized spacial score (nSPS) is 13.9. The fourth-order valence-corrected chi connectivity index (χ4v) is 3.06. The summed E-state index contributed by atoms with van der Waals surface area (Å²) < 4.78 is 4.54. The lowest BCUT2D eigenvalue weighted by molar-refractivity contribution is -0.148. The zero-order valence-electron chi connectivity index (χ0n) is 16.8. The Morgan fingerprint density at radius 2 is 1.87 bits per heavy atom. The Labute approximate surface area is 173 Å². The van der Waals surface area contributed by atoms with E-state index >= 15 is 0 Å². The summed E-state index contributed by atoms with van der Waals surface area (Å²) in [5.74, 6) is -2.09. The Morgan fingerprint density at radius 1 is 1.20 bits per heavy atom. The van der Waals surface area contributed by atoms with E-state index in [-0.39, 0.29) is 24.9 Å². The molecule has 0 radical (unpaired) electrons. The first-order chi connectivity index (χ1) is 14.4. The Morgan fingerprint density at radius 3 is 2.47 bits per heavy atom. The molecule has 0 aliphatic heterocycles. The van der Waals surface area contributed by atoms with E-state index in [1.165, 1.54) is 24.1 Å². The number of methoxy groups -OCH3 is 1. The lowest BCUT2D eigenvalue weighted by atomic mass is 10.1. The van der Waals surface area contributed by atoms with Crippen molar-refractivity contribution in [3.63, 3.8) is 0 Å². The molecule has 2 amide bonds. The minimum Gasteiger partial charge on any atom is -0.467 e. The molecule has 1 aromatic carbocycles. The quantitative estimate of drug-likeness (QED) is 0.469. The van der Waals surface area contributed by atoms with Gasteiger partial charge in [0.25, 0.3) is 5.91 Å². The van der Waals surface area contributed by atoms with Crippen molar-refractivity contribution in [2.24, 2.45) is 0 Å². The fraction of sp³-hybridized carbons (Fsp3) is 0.400. The van der Waals surface area contributed by atoms with Gasteiger partial charge in [-0.3, -0.25) is 14.4 Å². The minimum atomic E-state index is -1.35. The fourth-order valence-electron chi connectivity index (χ4n) is 3.06. The molecule has 0 spiro atoms. The molecule has 1 aromatic heterocycles. The maximum Gasteiger partial charge on any atom is 0.336 e. The van der Waals surface area contributed by atoms with Gasteiger partial charge in [-0.25, -0.2) is 4.79 Å². The number of carbonyl (C=O) groups is 4. The molecule has 158 valence electrons. The zero-order valence-corrected chi connectivity index (χ0v) is 16.8. The van der Waals surface area contributed by atoms with Crippen LogP contribution in [-0.2, 0) is 19.1 Å². The van der Waals surface area contributed by atoms with Crippen molar-refractivity contribution >= 4 is 23.6 Å². The topological polar surface area (TPSA) is 123 Å². The van der Waals surface area contributed by atoms with Gasteiger partial charge in [-0.2, -0.15) is 15.0 Å². The van der Waals surface area contributed by atoms with Crippen molar-refractivity contribution < 1.29 is 23.9 Å². The number of nitrogens with zero attached hydrogens (tertiary/aromatic N) is 4. The van der Waals surface area contributed by atoms with E-state index in [9.17, 15) is 19.2 Å². The Bertz CT molecular complexity index is 939. The van der Waals surface area contributed by atoms with Gasteiger partial charge < -0.3 is 15.0 Å². The molecule has 10 heteroatoms. The number of ketones is 1. The van der Waals surface area contributed by atoms with Crippen LogP contribution in [0, 0.1) is 0 Å². The number of aromatic nitrogens is 3. The second kappa shape index (κ2) is 9.29. The highest BCUT2D eigenvalue weighted by Gasteiger charge is 2.34. The predicted octanol–water partition coefficient (Wildman–Crippen LogP) is 0.509. The van der Waals surface area contributed by atoms with Crippen molar-refractivity contribution in [3.05, 3.63) is 42.2 Å². The van der Waals surface area contributed by atoms with Gasteiger partial charge in [0.15, 0.2) is 11.8 Å². The van der Waals surface area contributed by atoms with E-state index in [2.05, 4.69) is 20.3 Å². The maximum absolute atomic E-state index is 13.2. The van der Waals surface area contributed by atoms with Crippen LogP contribution >= 0.6 is 0 Å². The van der Waals surface area contributed by atoms with Gasteiger partial charge in [0, 0.05) is 19.0 Å². The summed E-state index contributed by atoms with van der Waals surface area (Å²) in [7, 11) is 1.14. The molecule has 1 fully saturated rings. The zero-order chi connectivity index (χ0) is 21.7. The first kappa shape index (κ1) is 21.2. The average molecular weight is 413 g/mol. The van der Waals surface area contributed by atoms with Crippen molar-refractivity contribution in [2.45, 2.75) is 38.3 Å². The van der Waals surface area contributed by atoms with Crippen LogP contribution in [0.4, 0.5) is 0 Å². The first-order valence-corrected chi connectivity index (χ1v) is 9.56. The number of Topliss-reactive ketones (excluding diaryl/α,β-unsaturated/α-hetero) is 1. The number of carbonyl (C=O) groups excluding carboxylic acids is 4. The second-order valence-electron chi connectivity index (χ2n) is 6.95. The van der Waals surface area contributed by atoms with Crippen molar-refractivity contribution in [1.29, 1.82) is 0 Å². The summed E-state index contributed by atoms with van der Waals surface area (Å²) in [4.78, 5) is 51.8. The van der Waals surface area contributed by atoms with Crippen LogP contribution in [0.1, 0.15) is 36.5 Å². The minimum absolute atomic E-state index is 0.0492. The molecule has 1 aliphatic rings. The molecule has 1 atom stereocenters. The van der Waals surface area contributed by atoms with Crippen LogP contribution in [0.5, 0.6) is 0 Å². The highest BCUT2D eigenvalue weighted by Crippen LogP contribution is 2.29. The molecule has 30 heavy (non-hydrogen) atoms. The Hall–Kier alpha value is -3.56. The van der Waals surface area contributed by atoms with Gasteiger partial charge in [0.05, 0.1) is 30.8 Å². The molecule has 1 heterocycles. The van der Waals surface area contributed by atoms with E-state index in [0.29, 0.717) is 11.3 Å². The summed E-state index contributed by atoms with van der Waals surface area (Å²) in [5.41, 5.74) is 0.974.